The van der Waals surface area contributed by atoms with E-state index in [2.05, 4.69) is 6.58 Å². The molecule has 1 atom stereocenters. The van der Waals surface area contributed by atoms with Crippen LogP contribution in [0.15, 0.2) is 41.3 Å². The van der Waals surface area contributed by atoms with Gasteiger partial charge < -0.3 is 4.74 Å². The summed E-state index contributed by atoms with van der Waals surface area (Å²) in [5.41, 5.74) is 1.25. The van der Waals surface area contributed by atoms with Gasteiger partial charge in [-0.3, -0.25) is 4.21 Å². The lowest BCUT2D eigenvalue weighted by molar-refractivity contribution is 0.0540. The lowest BCUT2D eigenvalue weighted by atomic mass is 10.2. The van der Waals surface area contributed by atoms with Crippen molar-refractivity contribution in [2.75, 3.05) is 6.61 Å². The van der Waals surface area contributed by atoms with Gasteiger partial charge in [-0.2, -0.15) is 0 Å². The fourth-order valence-electron chi connectivity index (χ4n) is 1.27. The number of rotatable bonds is 5. The minimum Gasteiger partial charge on any atom is -0.458 e. The molecule has 0 fully saturated rings. The van der Waals surface area contributed by atoms with Crippen LogP contribution < -0.4 is 0 Å². The lowest BCUT2D eigenvalue weighted by Crippen LogP contribution is -2.08. The summed E-state index contributed by atoms with van der Waals surface area (Å²) in [5, 5.41) is 0.0613. The van der Waals surface area contributed by atoms with E-state index >= 15 is 0 Å². The second-order valence-electron chi connectivity index (χ2n) is 4.40. The van der Waals surface area contributed by atoms with E-state index in [9.17, 15) is 9.00 Å². The zero-order valence-electron chi connectivity index (χ0n) is 10.9. The molecule has 0 spiro atoms. The van der Waals surface area contributed by atoms with Crippen molar-refractivity contribution in [3.8, 4) is 0 Å². The second-order valence-corrected chi connectivity index (χ2v) is 6.41. The van der Waals surface area contributed by atoms with Gasteiger partial charge in [-0.25, -0.2) is 4.79 Å². The minimum absolute atomic E-state index is 0.0613. The molecule has 3 nitrogen and oxygen atoms in total. The van der Waals surface area contributed by atoms with Gasteiger partial charge in [0.25, 0.3) is 0 Å². The Balaban J connectivity index is 2.73. The molecule has 1 aromatic carbocycles. The summed E-state index contributed by atoms with van der Waals surface area (Å²) in [4.78, 5) is 12.3. The molecule has 0 aliphatic heterocycles. The van der Waals surface area contributed by atoms with Crippen LogP contribution in [0, 0.1) is 0 Å². The summed E-state index contributed by atoms with van der Waals surface area (Å²) < 4.78 is 16.8. The topological polar surface area (TPSA) is 43.4 Å². The van der Waals surface area contributed by atoms with Crippen LogP contribution in [0.2, 0.25) is 0 Å². The first kappa shape index (κ1) is 14.6. The molecule has 1 unspecified atom stereocenters. The molecule has 0 bridgehead atoms. The molecule has 0 amide bonds. The molecule has 98 valence electrons. The summed E-state index contributed by atoms with van der Waals surface area (Å²) in [6.07, 6.45) is 0. The first-order chi connectivity index (χ1) is 8.41. The van der Waals surface area contributed by atoms with Crippen LogP contribution in [-0.2, 0) is 15.5 Å². The normalized spacial score (nSPS) is 12.2. The molecule has 0 radical (unpaired) electrons. The molecule has 0 aromatic heterocycles. The molecule has 18 heavy (non-hydrogen) atoms. The van der Waals surface area contributed by atoms with Crippen LogP contribution in [-0.4, -0.2) is 22.0 Å². The SMILES string of the molecule is C=C(C)COC(=O)c1ccc(S(=O)C(C)C)cc1. The molecule has 0 aliphatic rings. The number of esters is 1. The maximum absolute atomic E-state index is 11.8. The van der Waals surface area contributed by atoms with Gasteiger partial charge in [-0.05, 0) is 36.8 Å². The lowest BCUT2D eigenvalue weighted by Gasteiger charge is -2.07. The van der Waals surface area contributed by atoms with Crippen LogP contribution in [0.3, 0.4) is 0 Å². The van der Waals surface area contributed by atoms with Crippen molar-refractivity contribution < 1.29 is 13.7 Å². The Bertz CT molecular complexity index is 460. The van der Waals surface area contributed by atoms with Gasteiger partial charge in [-0.1, -0.05) is 20.4 Å². The molecule has 0 aliphatic carbocycles. The standard InChI is InChI=1S/C14H18O3S/c1-10(2)9-17-14(15)12-5-7-13(8-6-12)18(16)11(3)4/h5-8,11H,1,9H2,2-4H3. The van der Waals surface area contributed by atoms with Gasteiger partial charge in [0.1, 0.15) is 6.61 Å². The van der Waals surface area contributed by atoms with Gasteiger partial charge in [0.05, 0.1) is 16.4 Å². The summed E-state index contributed by atoms with van der Waals surface area (Å²) in [7, 11) is -1.03. The highest BCUT2D eigenvalue weighted by atomic mass is 32.2. The van der Waals surface area contributed by atoms with E-state index in [-0.39, 0.29) is 17.8 Å². The van der Waals surface area contributed by atoms with Crippen molar-refractivity contribution in [3.05, 3.63) is 42.0 Å². The number of ether oxygens (including phenoxy) is 1. The number of hydrogen-bond acceptors (Lipinski definition) is 3. The number of hydrogen-bond donors (Lipinski definition) is 0. The van der Waals surface area contributed by atoms with Gasteiger partial charge in [0, 0.05) is 10.1 Å². The van der Waals surface area contributed by atoms with Crippen LogP contribution in [0.4, 0.5) is 0 Å². The predicted molar refractivity (Wildman–Crippen MR) is 73.1 cm³/mol. The van der Waals surface area contributed by atoms with Crippen molar-refractivity contribution in [2.24, 2.45) is 0 Å². The maximum Gasteiger partial charge on any atom is 0.338 e. The van der Waals surface area contributed by atoms with E-state index in [1.54, 1.807) is 31.2 Å². The molecule has 1 aromatic rings. The Kier molecular flexibility index (Phi) is 5.28. The van der Waals surface area contributed by atoms with Crippen LogP contribution in [0.1, 0.15) is 31.1 Å². The molecule has 0 heterocycles. The summed E-state index contributed by atoms with van der Waals surface area (Å²) in [6, 6.07) is 6.67. The Hall–Kier alpha value is -1.42. The fraction of sp³-hybridized carbons (Fsp3) is 0.357. The highest BCUT2D eigenvalue weighted by Gasteiger charge is 2.11. The number of benzene rings is 1. The van der Waals surface area contributed by atoms with Crippen molar-refractivity contribution in [1.29, 1.82) is 0 Å². The largest absolute Gasteiger partial charge is 0.458 e. The molecule has 4 heteroatoms. The van der Waals surface area contributed by atoms with Crippen molar-refractivity contribution in [1.82, 2.24) is 0 Å². The Labute approximate surface area is 110 Å². The Morgan fingerprint density at radius 2 is 1.89 bits per heavy atom. The minimum atomic E-state index is -1.03. The molecule has 1 rings (SSSR count). The van der Waals surface area contributed by atoms with Crippen molar-refractivity contribution >= 4 is 16.8 Å². The van der Waals surface area contributed by atoms with Crippen molar-refractivity contribution in [2.45, 2.75) is 30.9 Å². The number of carbonyl (C=O) groups excluding carboxylic acids is 1. The molecular formula is C14H18O3S. The van der Waals surface area contributed by atoms with E-state index in [0.717, 1.165) is 10.5 Å². The van der Waals surface area contributed by atoms with Crippen molar-refractivity contribution in [3.63, 3.8) is 0 Å². The van der Waals surface area contributed by atoms with E-state index in [0.29, 0.717) is 5.56 Å². The van der Waals surface area contributed by atoms with Crippen LogP contribution >= 0.6 is 0 Å². The predicted octanol–water partition coefficient (Wildman–Crippen LogP) is 2.94. The number of carbonyl (C=O) groups is 1. The fourth-order valence-corrected chi connectivity index (χ4v) is 2.22. The molecule has 0 N–H and O–H groups in total. The smallest absolute Gasteiger partial charge is 0.338 e. The summed E-state index contributed by atoms with van der Waals surface area (Å²) >= 11 is 0. The summed E-state index contributed by atoms with van der Waals surface area (Å²) in [6.45, 7) is 9.46. The molecular weight excluding hydrogens is 248 g/mol. The Morgan fingerprint density at radius 1 is 1.33 bits per heavy atom. The van der Waals surface area contributed by atoms with Gasteiger partial charge >= 0.3 is 5.97 Å². The average Bonchev–Trinajstić information content (AvgIpc) is 2.35. The maximum atomic E-state index is 11.8. The van der Waals surface area contributed by atoms with E-state index in [1.807, 2.05) is 13.8 Å². The van der Waals surface area contributed by atoms with Gasteiger partial charge in [-0.15, -0.1) is 0 Å². The van der Waals surface area contributed by atoms with Gasteiger partial charge in [0.2, 0.25) is 0 Å². The summed E-state index contributed by atoms with van der Waals surface area (Å²) in [5.74, 6) is -0.389. The first-order valence-electron chi connectivity index (χ1n) is 5.74. The monoisotopic (exact) mass is 266 g/mol. The molecule has 0 saturated carbocycles. The zero-order chi connectivity index (χ0) is 13.7. The third-order valence-electron chi connectivity index (χ3n) is 2.20. The third-order valence-corrected chi connectivity index (χ3v) is 3.79. The van der Waals surface area contributed by atoms with E-state index in [1.165, 1.54) is 0 Å². The molecule has 0 saturated heterocycles. The Morgan fingerprint density at radius 3 is 2.33 bits per heavy atom. The van der Waals surface area contributed by atoms with Crippen LogP contribution in [0.5, 0.6) is 0 Å². The van der Waals surface area contributed by atoms with Gasteiger partial charge in [0.15, 0.2) is 0 Å². The quantitative estimate of drug-likeness (QED) is 0.608. The highest BCUT2D eigenvalue weighted by molar-refractivity contribution is 7.85. The van der Waals surface area contributed by atoms with Crippen LogP contribution in [0.25, 0.3) is 0 Å². The highest BCUT2D eigenvalue weighted by Crippen LogP contribution is 2.13. The first-order valence-corrected chi connectivity index (χ1v) is 6.95. The zero-order valence-corrected chi connectivity index (χ0v) is 11.8. The third kappa shape index (κ3) is 4.11. The van der Waals surface area contributed by atoms with E-state index < -0.39 is 10.8 Å². The second kappa shape index (κ2) is 6.50. The van der Waals surface area contributed by atoms with E-state index in [4.69, 9.17) is 4.74 Å². The average molecular weight is 266 g/mol.